The van der Waals surface area contributed by atoms with Crippen molar-refractivity contribution >= 4 is 29.5 Å². The van der Waals surface area contributed by atoms with Crippen LogP contribution in [0.25, 0.3) is 0 Å². The Bertz CT molecular complexity index is 1290. The van der Waals surface area contributed by atoms with Gasteiger partial charge >= 0.3 is 6.03 Å². The van der Waals surface area contributed by atoms with Crippen molar-refractivity contribution in [1.29, 1.82) is 0 Å². The fraction of sp³-hybridized carbons (Fsp3) is 0.757. The van der Waals surface area contributed by atoms with Crippen molar-refractivity contribution in [3.8, 4) is 12.3 Å². The van der Waals surface area contributed by atoms with E-state index in [9.17, 15) is 24.0 Å². The molecule has 1 saturated heterocycles. The number of urea groups is 1. The van der Waals surface area contributed by atoms with Crippen LogP contribution in [-0.2, 0) is 19.2 Å². The molecule has 0 aromatic carbocycles. The molecule has 0 radical (unpaired) electrons. The molecule has 5 atom stereocenters. The average Bonchev–Trinajstić information content (AvgIpc) is 3.34. The van der Waals surface area contributed by atoms with E-state index in [1.807, 2.05) is 0 Å². The smallest absolute Gasteiger partial charge is 0.315 e. The number of carbonyl (C=O) groups is 5. The van der Waals surface area contributed by atoms with Crippen LogP contribution in [0.5, 0.6) is 0 Å². The lowest BCUT2D eigenvalue weighted by atomic mass is 9.53. The van der Waals surface area contributed by atoms with Crippen LogP contribution in [0.15, 0.2) is 12.7 Å². The van der Waals surface area contributed by atoms with E-state index in [4.69, 9.17) is 6.42 Å². The van der Waals surface area contributed by atoms with Crippen LogP contribution in [0.1, 0.15) is 97.3 Å². The molecule has 0 spiro atoms. The van der Waals surface area contributed by atoms with Gasteiger partial charge in [0.2, 0.25) is 17.6 Å². The molecule has 47 heavy (non-hydrogen) atoms. The van der Waals surface area contributed by atoms with Gasteiger partial charge in [0.25, 0.3) is 5.91 Å². The molecule has 4 N–H and O–H groups in total. The van der Waals surface area contributed by atoms with Crippen molar-refractivity contribution in [2.24, 2.45) is 40.9 Å². The van der Waals surface area contributed by atoms with E-state index < -0.39 is 35.7 Å². The first kappa shape index (κ1) is 33.5. The summed E-state index contributed by atoms with van der Waals surface area (Å²) in [6.45, 7) is 8.25. The minimum atomic E-state index is -1.07. The summed E-state index contributed by atoms with van der Waals surface area (Å²) in [4.78, 5) is 69.7. The van der Waals surface area contributed by atoms with Crippen LogP contribution in [0.3, 0.4) is 0 Å². The summed E-state index contributed by atoms with van der Waals surface area (Å²) in [7, 11) is 0. The number of nitrogens with zero attached hydrogens (tertiary/aromatic N) is 1. The number of allylic oxidation sites excluding steroid dienone is 1. The normalized spacial score (nSPS) is 34.3. The van der Waals surface area contributed by atoms with E-state index in [-0.39, 0.29) is 53.6 Å². The van der Waals surface area contributed by atoms with Crippen molar-refractivity contribution in [1.82, 2.24) is 26.2 Å². The van der Waals surface area contributed by atoms with Crippen LogP contribution < -0.4 is 21.3 Å². The number of hydrogen-bond acceptors (Lipinski definition) is 5. The number of likely N-dealkylation sites (tertiary alicyclic amines) is 1. The molecule has 7 aliphatic rings. The summed E-state index contributed by atoms with van der Waals surface area (Å²) < 4.78 is 0. The average molecular weight is 648 g/mol. The Balaban J connectivity index is 1.19. The molecule has 7 rings (SSSR count). The predicted octanol–water partition coefficient (Wildman–Crippen LogP) is 3.46. The maximum absolute atomic E-state index is 14.6. The number of carbonyl (C=O) groups excluding carboxylic acids is 5. The molecule has 0 aromatic heterocycles. The van der Waals surface area contributed by atoms with Gasteiger partial charge in [0.1, 0.15) is 12.1 Å². The number of nitrogens with one attached hydrogen (secondary N) is 4. The molecule has 0 aromatic rings. The maximum atomic E-state index is 14.6. The molecule has 10 nitrogen and oxygen atoms in total. The highest BCUT2D eigenvalue weighted by Crippen LogP contribution is 2.65. The van der Waals surface area contributed by atoms with Gasteiger partial charge in [-0.3, -0.25) is 19.2 Å². The molecule has 6 aliphatic carbocycles. The molecule has 7 fully saturated rings. The van der Waals surface area contributed by atoms with Crippen molar-refractivity contribution in [2.45, 2.75) is 121 Å². The summed E-state index contributed by atoms with van der Waals surface area (Å²) in [6.07, 6.45) is 19.2. The van der Waals surface area contributed by atoms with E-state index in [2.05, 4.69) is 47.6 Å². The Labute approximate surface area is 279 Å². The van der Waals surface area contributed by atoms with Crippen LogP contribution in [-0.4, -0.2) is 71.2 Å². The lowest BCUT2D eigenvalue weighted by Crippen LogP contribution is -2.64. The number of amides is 5. The van der Waals surface area contributed by atoms with E-state index in [1.54, 1.807) is 11.0 Å². The van der Waals surface area contributed by atoms with Gasteiger partial charge in [-0.05, 0) is 105 Å². The minimum Gasteiger partial charge on any atom is -0.344 e. The van der Waals surface area contributed by atoms with Crippen LogP contribution in [0.4, 0.5) is 4.79 Å². The maximum Gasteiger partial charge on any atom is 0.315 e. The Morgan fingerprint density at radius 1 is 0.979 bits per heavy atom. The summed E-state index contributed by atoms with van der Waals surface area (Å²) in [5.74, 6) is 2.09. The molecule has 6 saturated carbocycles. The van der Waals surface area contributed by atoms with Crippen molar-refractivity contribution in [3.63, 3.8) is 0 Å². The second-order valence-corrected chi connectivity index (χ2v) is 16.2. The number of terminal acetylenes is 1. The number of rotatable bonds is 12. The highest BCUT2D eigenvalue weighted by molar-refractivity contribution is 6.38. The molecular weight excluding hydrogens is 594 g/mol. The zero-order valence-corrected chi connectivity index (χ0v) is 28.2. The number of Topliss-reactive ketones (excluding diaryl/α,β-unsaturated/α-hetero) is 1. The first-order chi connectivity index (χ1) is 22.5. The number of ketones is 1. The van der Waals surface area contributed by atoms with Gasteiger partial charge in [-0.2, -0.15) is 0 Å². The zero-order valence-electron chi connectivity index (χ0n) is 28.2. The van der Waals surface area contributed by atoms with E-state index in [0.29, 0.717) is 30.7 Å². The molecule has 5 amide bonds. The minimum absolute atomic E-state index is 0.00576. The quantitative estimate of drug-likeness (QED) is 0.146. The lowest BCUT2D eigenvalue weighted by Gasteiger charge is -2.56. The fourth-order valence-electron chi connectivity index (χ4n) is 10.7. The SMILES string of the molecule is C#CCNC(=O)C(=O)[C@H](CCC=C)NC(=O)[C@@H]1[C@@H]2[C@H](CN1C(=O)[C@@H](NC(=O)NC13CC4CC(CC(C4)C1)C3)C1CCCCC1)C2(C)C. The molecular formula is C37H53N5O5. The summed E-state index contributed by atoms with van der Waals surface area (Å²) in [6, 6.07) is -2.87. The summed E-state index contributed by atoms with van der Waals surface area (Å²) in [5.41, 5.74) is -0.326. The Hall–Kier alpha value is -3.35. The van der Waals surface area contributed by atoms with E-state index in [1.165, 1.54) is 19.3 Å². The Morgan fingerprint density at radius 3 is 2.21 bits per heavy atom. The third kappa shape index (κ3) is 6.69. The highest BCUT2D eigenvalue weighted by Gasteiger charge is 2.70. The molecule has 256 valence electrons. The van der Waals surface area contributed by atoms with Gasteiger partial charge in [0.15, 0.2) is 0 Å². The third-order valence-electron chi connectivity index (χ3n) is 12.7. The zero-order chi connectivity index (χ0) is 33.5. The monoisotopic (exact) mass is 647 g/mol. The molecule has 4 bridgehead atoms. The second kappa shape index (κ2) is 13.3. The first-order valence-electron chi connectivity index (χ1n) is 18.0. The topological polar surface area (TPSA) is 137 Å². The standard InChI is InChI=1S/C37H53N5O5/c1-5-7-13-27(31(43)33(45)38-14-6-2)39-32(44)30-28-26(36(28,3)4)21-42(30)34(46)29(25-11-9-8-10-12-25)40-35(47)41-37-18-22-15-23(19-37)17-24(16-22)20-37/h2,5,22-30H,1,7-21H2,3-4H3,(H,38,45)(H,39,44)(H2,40,41,47)/t22?,23?,24?,26-,27-,28-,29-,30-,37?/m0/s1. The second-order valence-electron chi connectivity index (χ2n) is 16.2. The first-order valence-corrected chi connectivity index (χ1v) is 18.0. The third-order valence-corrected chi connectivity index (χ3v) is 12.7. The molecule has 0 unspecified atom stereocenters. The Kier molecular flexibility index (Phi) is 9.48. The fourth-order valence-corrected chi connectivity index (χ4v) is 10.7. The van der Waals surface area contributed by atoms with Gasteiger partial charge in [-0.1, -0.05) is 45.1 Å². The molecule has 1 aliphatic heterocycles. The van der Waals surface area contributed by atoms with Gasteiger partial charge in [-0.15, -0.1) is 13.0 Å². The largest absolute Gasteiger partial charge is 0.344 e. The number of fused-ring (bicyclic) bond motifs is 1. The Morgan fingerprint density at radius 2 is 1.62 bits per heavy atom. The van der Waals surface area contributed by atoms with Crippen LogP contribution in [0.2, 0.25) is 0 Å². The van der Waals surface area contributed by atoms with Crippen molar-refractivity contribution < 1.29 is 24.0 Å². The lowest BCUT2D eigenvalue weighted by molar-refractivity contribution is -0.144. The highest BCUT2D eigenvalue weighted by atomic mass is 16.2. The van der Waals surface area contributed by atoms with Gasteiger partial charge < -0.3 is 26.2 Å². The van der Waals surface area contributed by atoms with Crippen LogP contribution in [0, 0.1) is 53.3 Å². The summed E-state index contributed by atoms with van der Waals surface area (Å²) >= 11 is 0. The van der Waals surface area contributed by atoms with Gasteiger partial charge in [0, 0.05) is 12.1 Å². The molecule has 1 heterocycles. The summed E-state index contributed by atoms with van der Waals surface area (Å²) in [5, 5.41) is 11.8. The van der Waals surface area contributed by atoms with Gasteiger partial charge in [-0.25, -0.2) is 4.79 Å². The number of piperidine rings is 1. The van der Waals surface area contributed by atoms with E-state index >= 15 is 0 Å². The van der Waals surface area contributed by atoms with Crippen molar-refractivity contribution in [2.75, 3.05) is 13.1 Å². The molecule has 10 heteroatoms. The number of hydrogen-bond donors (Lipinski definition) is 4. The van der Waals surface area contributed by atoms with Crippen molar-refractivity contribution in [3.05, 3.63) is 12.7 Å². The van der Waals surface area contributed by atoms with Crippen LogP contribution >= 0.6 is 0 Å². The van der Waals surface area contributed by atoms with Gasteiger partial charge in [0.05, 0.1) is 12.6 Å². The van der Waals surface area contributed by atoms with E-state index in [0.717, 1.165) is 51.4 Å². The predicted molar refractivity (Wildman–Crippen MR) is 177 cm³/mol.